The summed E-state index contributed by atoms with van der Waals surface area (Å²) in [5.41, 5.74) is -0.141. The number of aromatic nitrogens is 3. The van der Waals surface area contributed by atoms with Gasteiger partial charge in [0.1, 0.15) is 0 Å². The second-order valence-corrected chi connectivity index (χ2v) is 4.13. The standard InChI is InChI=1S/C10H17N5O4/c1-7(16)5-14(2)10(19)11-3-4-15-6-8(9(17)18)12-13-15/h6-7,16H,3-5H2,1-2H3,(H,11,19)(H,17,18). The molecule has 1 heterocycles. The summed E-state index contributed by atoms with van der Waals surface area (Å²) < 4.78 is 1.33. The maximum Gasteiger partial charge on any atom is 0.358 e. The van der Waals surface area contributed by atoms with Crippen molar-refractivity contribution in [1.29, 1.82) is 0 Å². The van der Waals surface area contributed by atoms with Crippen LogP contribution in [0.1, 0.15) is 17.4 Å². The Hall–Kier alpha value is -2.16. The Morgan fingerprint density at radius 1 is 1.58 bits per heavy atom. The number of nitrogens with one attached hydrogen (secondary N) is 1. The highest BCUT2D eigenvalue weighted by atomic mass is 16.4. The zero-order valence-electron chi connectivity index (χ0n) is 10.8. The molecule has 0 fully saturated rings. The first-order valence-corrected chi connectivity index (χ1v) is 5.70. The molecule has 0 saturated carbocycles. The molecule has 0 aliphatic heterocycles. The summed E-state index contributed by atoms with van der Waals surface area (Å²) in [5, 5.41) is 27.5. The molecule has 0 spiro atoms. The van der Waals surface area contributed by atoms with Crippen LogP contribution in [-0.2, 0) is 6.54 Å². The first-order chi connectivity index (χ1) is 8.90. The Bertz CT molecular complexity index is 445. The topological polar surface area (TPSA) is 121 Å². The third kappa shape index (κ3) is 4.92. The minimum Gasteiger partial charge on any atom is -0.476 e. The zero-order valence-corrected chi connectivity index (χ0v) is 10.8. The molecule has 1 aromatic rings. The molecular formula is C10H17N5O4. The fourth-order valence-corrected chi connectivity index (χ4v) is 1.40. The maximum atomic E-state index is 11.5. The number of rotatable bonds is 6. The van der Waals surface area contributed by atoms with Crippen LogP contribution < -0.4 is 5.32 Å². The molecule has 1 atom stereocenters. The van der Waals surface area contributed by atoms with E-state index >= 15 is 0 Å². The Morgan fingerprint density at radius 2 is 2.26 bits per heavy atom. The number of carboxylic acids is 1. The van der Waals surface area contributed by atoms with Gasteiger partial charge in [0.2, 0.25) is 0 Å². The lowest BCUT2D eigenvalue weighted by molar-refractivity contribution is 0.0690. The number of aliphatic hydroxyl groups is 1. The van der Waals surface area contributed by atoms with E-state index in [0.717, 1.165) is 0 Å². The van der Waals surface area contributed by atoms with Crippen LogP contribution in [0.2, 0.25) is 0 Å². The second kappa shape index (κ2) is 6.69. The number of aromatic carboxylic acids is 1. The molecule has 0 aliphatic carbocycles. The quantitative estimate of drug-likeness (QED) is 0.610. The monoisotopic (exact) mass is 271 g/mol. The molecule has 0 aliphatic rings. The van der Waals surface area contributed by atoms with E-state index in [2.05, 4.69) is 15.6 Å². The van der Waals surface area contributed by atoms with Gasteiger partial charge < -0.3 is 20.4 Å². The number of amides is 2. The van der Waals surface area contributed by atoms with Crippen LogP contribution in [0.25, 0.3) is 0 Å². The molecule has 0 aromatic carbocycles. The van der Waals surface area contributed by atoms with Crippen LogP contribution in [0.5, 0.6) is 0 Å². The summed E-state index contributed by atoms with van der Waals surface area (Å²) in [7, 11) is 1.57. The smallest absolute Gasteiger partial charge is 0.358 e. The van der Waals surface area contributed by atoms with Gasteiger partial charge in [0.05, 0.1) is 18.8 Å². The van der Waals surface area contributed by atoms with Gasteiger partial charge in [0.15, 0.2) is 5.69 Å². The van der Waals surface area contributed by atoms with Crippen molar-refractivity contribution in [2.45, 2.75) is 19.6 Å². The number of carbonyl (C=O) groups excluding carboxylic acids is 1. The van der Waals surface area contributed by atoms with Crippen LogP contribution in [-0.4, -0.2) is 68.3 Å². The van der Waals surface area contributed by atoms with Gasteiger partial charge in [-0.15, -0.1) is 5.10 Å². The molecule has 0 bridgehead atoms. The minimum absolute atomic E-state index is 0.141. The van der Waals surface area contributed by atoms with Crippen molar-refractivity contribution in [3.05, 3.63) is 11.9 Å². The van der Waals surface area contributed by atoms with Crippen molar-refractivity contribution in [1.82, 2.24) is 25.2 Å². The largest absolute Gasteiger partial charge is 0.476 e. The van der Waals surface area contributed by atoms with Gasteiger partial charge in [0, 0.05) is 20.1 Å². The fourth-order valence-electron chi connectivity index (χ4n) is 1.40. The van der Waals surface area contributed by atoms with Crippen molar-refractivity contribution in [3.63, 3.8) is 0 Å². The van der Waals surface area contributed by atoms with E-state index in [4.69, 9.17) is 10.2 Å². The molecule has 9 nitrogen and oxygen atoms in total. The predicted octanol–water partition coefficient (Wildman–Crippen LogP) is -1.00. The minimum atomic E-state index is -1.15. The Labute approximate surface area is 109 Å². The number of urea groups is 1. The molecule has 0 radical (unpaired) electrons. The van der Waals surface area contributed by atoms with Crippen LogP contribution in [0.4, 0.5) is 4.79 Å². The summed E-state index contributed by atoms with van der Waals surface area (Å²) in [6.07, 6.45) is 0.692. The number of carboxylic acid groups (broad SMARTS) is 1. The van der Waals surface area contributed by atoms with Gasteiger partial charge in [-0.25, -0.2) is 14.3 Å². The SMILES string of the molecule is CC(O)CN(C)C(=O)NCCn1cc(C(=O)O)nn1. The van der Waals surface area contributed by atoms with Crippen molar-refractivity contribution >= 4 is 12.0 Å². The van der Waals surface area contributed by atoms with E-state index in [0.29, 0.717) is 6.54 Å². The number of aliphatic hydroxyl groups excluding tert-OH is 1. The van der Waals surface area contributed by atoms with Crippen LogP contribution >= 0.6 is 0 Å². The van der Waals surface area contributed by atoms with E-state index in [9.17, 15) is 9.59 Å². The predicted molar refractivity (Wildman–Crippen MR) is 64.7 cm³/mol. The first-order valence-electron chi connectivity index (χ1n) is 5.70. The number of hydrogen-bond donors (Lipinski definition) is 3. The summed E-state index contributed by atoms with van der Waals surface area (Å²) in [6, 6.07) is -0.320. The molecular weight excluding hydrogens is 254 g/mol. The van der Waals surface area contributed by atoms with Gasteiger partial charge >= 0.3 is 12.0 Å². The van der Waals surface area contributed by atoms with E-state index in [-0.39, 0.29) is 24.8 Å². The highest BCUT2D eigenvalue weighted by Gasteiger charge is 2.11. The Morgan fingerprint density at radius 3 is 2.79 bits per heavy atom. The second-order valence-electron chi connectivity index (χ2n) is 4.13. The lowest BCUT2D eigenvalue weighted by atomic mass is 10.4. The van der Waals surface area contributed by atoms with Crippen molar-refractivity contribution < 1.29 is 19.8 Å². The van der Waals surface area contributed by atoms with Gasteiger partial charge in [-0.1, -0.05) is 5.21 Å². The zero-order chi connectivity index (χ0) is 14.4. The molecule has 0 saturated heterocycles. The number of hydrogen-bond acceptors (Lipinski definition) is 5. The summed E-state index contributed by atoms with van der Waals surface area (Å²) in [5.74, 6) is -1.15. The van der Waals surface area contributed by atoms with Crippen molar-refractivity contribution in [3.8, 4) is 0 Å². The van der Waals surface area contributed by atoms with E-state index in [1.54, 1.807) is 14.0 Å². The van der Waals surface area contributed by atoms with Crippen molar-refractivity contribution in [2.24, 2.45) is 0 Å². The van der Waals surface area contributed by atoms with E-state index in [1.165, 1.54) is 15.8 Å². The molecule has 3 N–H and O–H groups in total. The third-order valence-electron chi connectivity index (χ3n) is 2.26. The molecule has 9 heteroatoms. The lowest BCUT2D eigenvalue weighted by Crippen LogP contribution is -2.41. The molecule has 1 unspecified atom stereocenters. The van der Waals surface area contributed by atoms with Crippen LogP contribution in [0, 0.1) is 0 Å². The van der Waals surface area contributed by atoms with Crippen LogP contribution in [0.15, 0.2) is 6.20 Å². The molecule has 2 amide bonds. The Kier molecular flexibility index (Phi) is 5.24. The fraction of sp³-hybridized carbons (Fsp3) is 0.600. The average molecular weight is 271 g/mol. The average Bonchev–Trinajstić information content (AvgIpc) is 2.76. The maximum absolute atomic E-state index is 11.5. The highest BCUT2D eigenvalue weighted by molar-refractivity contribution is 5.84. The number of nitrogens with zero attached hydrogens (tertiary/aromatic N) is 4. The van der Waals surface area contributed by atoms with Crippen LogP contribution in [0.3, 0.4) is 0 Å². The van der Waals surface area contributed by atoms with Crippen molar-refractivity contribution in [2.75, 3.05) is 20.1 Å². The van der Waals surface area contributed by atoms with E-state index < -0.39 is 12.1 Å². The van der Waals surface area contributed by atoms with E-state index in [1.807, 2.05) is 0 Å². The van der Waals surface area contributed by atoms with Gasteiger partial charge in [-0.05, 0) is 6.92 Å². The number of carbonyl (C=O) groups is 2. The summed E-state index contributed by atoms with van der Waals surface area (Å²) in [6.45, 7) is 2.42. The summed E-state index contributed by atoms with van der Waals surface area (Å²) in [4.78, 5) is 23.5. The molecule has 1 rings (SSSR count). The number of likely N-dealkylation sites (N-methyl/N-ethyl adjacent to an activating group) is 1. The first kappa shape index (κ1) is 14.9. The summed E-state index contributed by atoms with van der Waals surface area (Å²) >= 11 is 0. The molecule has 19 heavy (non-hydrogen) atoms. The highest BCUT2D eigenvalue weighted by Crippen LogP contribution is 1.92. The lowest BCUT2D eigenvalue weighted by Gasteiger charge is -2.19. The third-order valence-corrected chi connectivity index (χ3v) is 2.26. The normalized spacial score (nSPS) is 11.9. The van der Waals surface area contributed by atoms with Gasteiger partial charge in [-0.3, -0.25) is 0 Å². The Balaban J connectivity index is 2.33. The van der Waals surface area contributed by atoms with Gasteiger partial charge in [-0.2, -0.15) is 0 Å². The molecule has 106 valence electrons. The van der Waals surface area contributed by atoms with Gasteiger partial charge in [0.25, 0.3) is 0 Å². The molecule has 1 aromatic heterocycles.